The summed E-state index contributed by atoms with van der Waals surface area (Å²) in [6.45, 7) is 0.0173. The van der Waals surface area contributed by atoms with Crippen molar-refractivity contribution in [3.8, 4) is 5.75 Å². The summed E-state index contributed by atoms with van der Waals surface area (Å²) < 4.78 is 41.1. The molecule has 0 spiro atoms. The van der Waals surface area contributed by atoms with Gasteiger partial charge in [0, 0.05) is 18.4 Å². The lowest BCUT2D eigenvalue weighted by atomic mass is 10.2. The molecule has 0 bridgehead atoms. The molecule has 0 saturated heterocycles. The summed E-state index contributed by atoms with van der Waals surface area (Å²) >= 11 is -0.110. The standard InChI is InChI=1S/C11H12F3N3O2S/c12-11(13,14)20-2-1-16-7-4-8-9(3-6(7)15)19-5-10(18)17-8/h3-4,16H,1-2,5,15H2,(H,17,18). The fraction of sp³-hybridized carbons (Fsp3) is 0.364. The summed E-state index contributed by atoms with van der Waals surface area (Å²) in [5, 5.41) is 5.40. The molecular weight excluding hydrogens is 295 g/mol. The van der Waals surface area contributed by atoms with Crippen molar-refractivity contribution < 1.29 is 22.7 Å². The zero-order valence-electron chi connectivity index (χ0n) is 10.2. The number of rotatable bonds is 4. The molecule has 110 valence electrons. The number of hydrogen-bond acceptors (Lipinski definition) is 5. The van der Waals surface area contributed by atoms with Crippen LogP contribution in [0.5, 0.6) is 5.75 Å². The van der Waals surface area contributed by atoms with E-state index in [9.17, 15) is 18.0 Å². The molecule has 1 heterocycles. The van der Waals surface area contributed by atoms with E-state index in [2.05, 4.69) is 10.6 Å². The Bertz CT molecular complexity index is 522. The molecule has 0 radical (unpaired) electrons. The molecular formula is C11H12F3N3O2S. The SMILES string of the molecule is Nc1cc2c(cc1NCCSC(F)(F)F)NC(=O)CO2. The van der Waals surface area contributed by atoms with E-state index in [0.717, 1.165) is 0 Å². The van der Waals surface area contributed by atoms with Gasteiger partial charge in [0.25, 0.3) is 5.91 Å². The van der Waals surface area contributed by atoms with Crippen LogP contribution in [0.4, 0.5) is 30.2 Å². The van der Waals surface area contributed by atoms with E-state index >= 15 is 0 Å². The zero-order chi connectivity index (χ0) is 14.8. The van der Waals surface area contributed by atoms with E-state index in [1.54, 1.807) is 6.07 Å². The lowest BCUT2D eigenvalue weighted by Gasteiger charge is -2.20. The number of thioether (sulfide) groups is 1. The third-order valence-corrected chi connectivity index (χ3v) is 3.20. The Morgan fingerprint density at radius 2 is 2.20 bits per heavy atom. The zero-order valence-corrected chi connectivity index (χ0v) is 11.0. The highest BCUT2D eigenvalue weighted by atomic mass is 32.2. The van der Waals surface area contributed by atoms with Crippen LogP contribution in [0, 0.1) is 0 Å². The molecule has 2 rings (SSSR count). The van der Waals surface area contributed by atoms with Crippen LogP contribution < -0.4 is 21.1 Å². The smallest absolute Gasteiger partial charge is 0.441 e. The number of nitrogens with one attached hydrogen (secondary N) is 2. The van der Waals surface area contributed by atoms with Crippen LogP contribution in [0.25, 0.3) is 0 Å². The summed E-state index contributed by atoms with van der Waals surface area (Å²) in [6.07, 6.45) is 0. The average molecular weight is 307 g/mol. The monoisotopic (exact) mass is 307 g/mol. The normalized spacial score (nSPS) is 14.2. The van der Waals surface area contributed by atoms with E-state index in [1.165, 1.54) is 6.07 Å². The maximum absolute atomic E-state index is 12.0. The highest BCUT2D eigenvalue weighted by Crippen LogP contribution is 2.35. The summed E-state index contributed by atoms with van der Waals surface area (Å²) in [6, 6.07) is 3.06. The molecule has 0 fully saturated rings. The molecule has 1 aliphatic rings. The van der Waals surface area contributed by atoms with Gasteiger partial charge in [-0.25, -0.2) is 0 Å². The van der Waals surface area contributed by atoms with Gasteiger partial charge in [-0.3, -0.25) is 4.79 Å². The number of ether oxygens (including phenoxy) is 1. The Morgan fingerprint density at radius 3 is 2.90 bits per heavy atom. The molecule has 1 aliphatic heterocycles. The van der Waals surface area contributed by atoms with Gasteiger partial charge < -0.3 is 21.1 Å². The topological polar surface area (TPSA) is 76.4 Å². The Morgan fingerprint density at radius 1 is 1.45 bits per heavy atom. The van der Waals surface area contributed by atoms with Gasteiger partial charge in [-0.05, 0) is 17.8 Å². The first-order valence-electron chi connectivity index (χ1n) is 5.66. The summed E-state index contributed by atoms with van der Waals surface area (Å²) in [7, 11) is 0. The molecule has 1 amide bonds. The van der Waals surface area contributed by atoms with Crippen LogP contribution in [-0.4, -0.2) is 30.3 Å². The van der Waals surface area contributed by atoms with Gasteiger partial charge in [0.05, 0.1) is 17.1 Å². The largest absolute Gasteiger partial charge is 0.482 e. The van der Waals surface area contributed by atoms with Crippen molar-refractivity contribution in [3.05, 3.63) is 12.1 Å². The fourth-order valence-corrected chi connectivity index (χ4v) is 2.08. The summed E-state index contributed by atoms with van der Waals surface area (Å²) in [4.78, 5) is 11.2. The van der Waals surface area contributed by atoms with Crippen molar-refractivity contribution in [2.75, 3.05) is 35.3 Å². The van der Waals surface area contributed by atoms with E-state index in [4.69, 9.17) is 10.5 Å². The van der Waals surface area contributed by atoms with Crippen molar-refractivity contribution in [1.29, 1.82) is 0 Å². The lowest BCUT2D eigenvalue weighted by molar-refractivity contribution is -0.118. The first-order valence-corrected chi connectivity index (χ1v) is 6.64. The second kappa shape index (κ2) is 5.70. The van der Waals surface area contributed by atoms with Crippen LogP contribution in [-0.2, 0) is 4.79 Å². The Kier molecular flexibility index (Phi) is 4.17. The molecule has 4 N–H and O–H groups in total. The van der Waals surface area contributed by atoms with Crippen LogP contribution in [0.15, 0.2) is 12.1 Å². The third-order valence-electron chi connectivity index (χ3n) is 2.47. The van der Waals surface area contributed by atoms with Gasteiger partial charge in [-0.2, -0.15) is 13.2 Å². The highest BCUT2D eigenvalue weighted by molar-refractivity contribution is 8.00. The van der Waals surface area contributed by atoms with Gasteiger partial charge in [0.15, 0.2) is 6.61 Å². The van der Waals surface area contributed by atoms with Gasteiger partial charge in [-0.1, -0.05) is 0 Å². The van der Waals surface area contributed by atoms with E-state index in [-0.39, 0.29) is 36.6 Å². The second-order valence-electron chi connectivity index (χ2n) is 3.99. The molecule has 1 aromatic rings. The molecule has 0 saturated carbocycles. The number of carbonyl (C=O) groups is 1. The van der Waals surface area contributed by atoms with Crippen molar-refractivity contribution in [3.63, 3.8) is 0 Å². The first-order chi connectivity index (χ1) is 9.35. The van der Waals surface area contributed by atoms with Crippen molar-refractivity contribution in [2.45, 2.75) is 5.51 Å². The Balaban J connectivity index is 1.98. The molecule has 1 aromatic carbocycles. The number of anilines is 3. The second-order valence-corrected chi connectivity index (χ2v) is 5.15. The van der Waals surface area contributed by atoms with Crippen LogP contribution >= 0.6 is 11.8 Å². The van der Waals surface area contributed by atoms with Crippen molar-refractivity contribution in [1.82, 2.24) is 0 Å². The van der Waals surface area contributed by atoms with E-state index in [0.29, 0.717) is 22.8 Å². The molecule has 5 nitrogen and oxygen atoms in total. The van der Waals surface area contributed by atoms with Gasteiger partial charge in [0.2, 0.25) is 0 Å². The molecule has 0 unspecified atom stereocenters. The maximum atomic E-state index is 12.0. The average Bonchev–Trinajstić information content (AvgIpc) is 2.34. The number of hydrogen-bond donors (Lipinski definition) is 3. The minimum absolute atomic E-state index is 0.0819. The Hall–Kier alpha value is -1.77. The van der Waals surface area contributed by atoms with Gasteiger partial charge >= 0.3 is 5.51 Å². The Labute approximate surface area is 117 Å². The predicted molar refractivity (Wildman–Crippen MR) is 72.0 cm³/mol. The number of nitrogens with two attached hydrogens (primary N) is 1. The predicted octanol–water partition coefficient (Wildman–Crippen LogP) is 2.26. The van der Waals surface area contributed by atoms with Gasteiger partial charge in [0.1, 0.15) is 5.75 Å². The minimum Gasteiger partial charge on any atom is -0.482 e. The van der Waals surface area contributed by atoms with Crippen LogP contribution in [0.1, 0.15) is 0 Å². The number of benzene rings is 1. The molecule has 0 atom stereocenters. The number of carbonyl (C=O) groups excluding carboxylic acids is 1. The van der Waals surface area contributed by atoms with Crippen LogP contribution in [0.3, 0.4) is 0 Å². The number of nitrogen functional groups attached to an aromatic ring is 1. The molecule has 0 aromatic heterocycles. The number of alkyl halides is 3. The number of fused-ring (bicyclic) bond motifs is 1. The van der Waals surface area contributed by atoms with E-state index in [1.807, 2.05) is 0 Å². The number of halogens is 3. The first kappa shape index (κ1) is 14.6. The highest BCUT2D eigenvalue weighted by Gasteiger charge is 2.27. The molecule has 20 heavy (non-hydrogen) atoms. The summed E-state index contributed by atoms with van der Waals surface area (Å²) in [5.74, 6) is 0.0151. The molecule has 9 heteroatoms. The fourth-order valence-electron chi connectivity index (χ4n) is 1.65. The summed E-state index contributed by atoms with van der Waals surface area (Å²) in [5.41, 5.74) is 2.76. The number of amides is 1. The maximum Gasteiger partial charge on any atom is 0.441 e. The van der Waals surface area contributed by atoms with Crippen molar-refractivity contribution >= 4 is 34.7 Å². The quantitative estimate of drug-likeness (QED) is 0.587. The molecule has 0 aliphatic carbocycles. The van der Waals surface area contributed by atoms with Gasteiger partial charge in [-0.15, -0.1) is 0 Å². The van der Waals surface area contributed by atoms with E-state index < -0.39 is 5.51 Å². The lowest BCUT2D eigenvalue weighted by Crippen LogP contribution is -2.25. The van der Waals surface area contributed by atoms with Crippen molar-refractivity contribution in [2.24, 2.45) is 0 Å². The van der Waals surface area contributed by atoms with Crippen LogP contribution in [0.2, 0.25) is 0 Å². The third kappa shape index (κ3) is 3.86. The minimum atomic E-state index is -4.25.